The molecule has 0 aromatic heterocycles. The molecule has 13 heavy (non-hydrogen) atoms. The number of nitrogens with zero attached hydrogens (tertiary/aromatic N) is 1. The molecule has 1 heterocycles. The highest BCUT2D eigenvalue weighted by Gasteiger charge is 2.15. The van der Waals surface area contributed by atoms with Crippen molar-refractivity contribution in [1.82, 2.24) is 4.90 Å². The summed E-state index contributed by atoms with van der Waals surface area (Å²) < 4.78 is 0. The highest BCUT2D eigenvalue weighted by molar-refractivity contribution is 5.85. The fourth-order valence-electron chi connectivity index (χ4n) is 1.43. The SMILES string of the molecule is Cl.NC1CCN(CCC(=O)O)CC1. The molecule has 0 radical (unpaired) electrons. The molecule has 0 atom stereocenters. The van der Waals surface area contributed by atoms with E-state index in [0.717, 1.165) is 25.9 Å². The maximum atomic E-state index is 10.3. The van der Waals surface area contributed by atoms with Gasteiger partial charge in [0.2, 0.25) is 0 Å². The van der Waals surface area contributed by atoms with Crippen molar-refractivity contribution in [2.24, 2.45) is 5.73 Å². The van der Waals surface area contributed by atoms with Crippen LogP contribution < -0.4 is 5.73 Å². The van der Waals surface area contributed by atoms with Gasteiger partial charge < -0.3 is 15.7 Å². The molecule has 0 aromatic rings. The minimum atomic E-state index is -0.718. The van der Waals surface area contributed by atoms with Crippen LogP contribution in [0.1, 0.15) is 19.3 Å². The molecule has 0 aromatic carbocycles. The van der Waals surface area contributed by atoms with Crippen LogP contribution >= 0.6 is 12.4 Å². The molecule has 1 rings (SSSR count). The molecule has 0 aliphatic carbocycles. The summed E-state index contributed by atoms with van der Waals surface area (Å²) in [5, 5.41) is 8.44. The lowest BCUT2D eigenvalue weighted by Crippen LogP contribution is -2.40. The Balaban J connectivity index is 0.00000144. The van der Waals surface area contributed by atoms with Crippen LogP contribution in [0.4, 0.5) is 0 Å². The predicted molar refractivity (Wildman–Crippen MR) is 53.2 cm³/mol. The molecular formula is C8H17ClN2O2. The summed E-state index contributed by atoms with van der Waals surface area (Å²) in [7, 11) is 0. The van der Waals surface area contributed by atoms with E-state index in [4.69, 9.17) is 10.8 Å². The highest BCUT2D eigenvalue weighted by Crippen LogP contribution is 2.07. The third-order valence-corrected chi connectivity index (χ3v) is 2.27. The fraction of sp³-hybridized carbons (Fsp3) is 0.875. The smallest absolute Gasteiger partial charge is 0.304 e. The Hall–Kier alpha value is -0.320. The Morgan fingerprint density at radius 1 is 1.46 bits per heavy atom. The van der Waals surface area contributed by atoms with Crippen molar-refractivity contribution in [3.05, 3.63) is 0 Å². The zero-order chi connectivity index (χ0) is 8.97. The molecule has 0 spiro atoms. The maximum absolute atomic E-state index is 10.3. The van der Waals surface area contributed by atoms with E-state index < -0.39 is 5.97 Å². The summed E-state index contributed by atoms with van der Waals surface area (Å²) in [4.78, 5) is 12.4. The first-order chi connectivity index (χ1) is 5.68. The first-order valence-corrected chi connectivity index (χ1v) is 4.38. The van der Waals surface area contributed by atoms with Crippen molar-refractivity contribution in [2.45, 2.75) is 25.3 Å². The first-order valence-electron chi connectivity index (χ1n) is 4.38. The fourth-order valence-corrected chi connectivity index (χ4v) is 1.43. The maximum Gasteiger partial charge on any atom is 0.304 e. The van der Waals surface area contributed by atoms with Crippen LogP contribution in [0.15, 0.2) is 0 Å². The number of hydrogen-bond donors (Lipinski definition) is 2. The number of carboxylic acids is 1. The van der Waals surface area contributed by atoms with Crippen LogP contribution in [-0.4, -0.2) is 41.7 Å². The standard InChI is InChI=1S/C8H16N2O2.ClH/c9-7-1-4-10(5-2-7)6-3-8(11)12;/h7H,1-6,9H2,(H,11,12);1H. The quantitative estimate of drug-likeness (QED) is 0.701. The van der Waals surface area contributed by atoms with Crippen LogP contribution in [-0.2, 0) is 4.79 Å². The molecule has 1 aliphatic rings. The van der Waals surface area contributed by atoms with E-state index >= 15 is 0 Å². The molecule has 1 fully saturated rings. The second-order valence-corrected chi connectivity index (χ2v) is 3.32. The molecule has 4 nitrogen and oxygen atoms in total. The first kappa shape index (κ1) is 12.7. The number of likely N-dealkylation sites (tertiary alicyclic amines) is 1. The number of carboxylic acid groups (broad SMARTS) is 1. The zero-order valence-electron chi connectivity index (χ0n) is 7.61. The molecule has 0 unspecified atom stereocenters. The Bertz CT molecular complexity index is 158. The van der Waals surface area contributed by atoms with Crippen molar-refractivity contribution in [3.8, 4) is 0 Å². The molecular weight excluding hydrogens is 192 g/mol. The van der Waals surface area contributed by atoms with Gasteiger partial charge in [0, 0.05) is 12.6 Å². The molecule has 0 amide bonds. The van der Waals surface area contributed by atoms with Crippen LogP contribution in [0.25, 0.3) is 0 Å². The molecule has 78 valence electrons. The van der Waals surface area contributed by atoms with E-state index in [-0.39, 0.29) is 18.8 Å². The number of rotatable bonds is 3. The molecule has 0 bridgehead atoms. The van der Waals surface area contributed by atoms with Crippen molar-refractivity contribution in [1.29, 1.82) is 0 Å². The third-order valence-electron chi connectivity index (χ3n) is 2.27. The summed E-state index contributed by atoms with van der Waals surface area (Å²) in [6, 6.07) is 0.325. The Morgan fingerprint density at radius 3 is 2.46 bits per heavy atom. The number of piperidine rings is 1. The number of nitrogens with two attached hydrogens (primary N) is 1. The Morgan fingerprint density at radius 2 is 2.00 bits per heavy atom. The van der Waals surface area contributed by atoms with Crippen molar-refractivity contribution >= 4 is 18.4 Å². The molecule has 5 heteroatoms. The van der Waals surface area contributed by atoms with E-state index in [0.29, 0.717) is 12.6 Å². The van der Waals surface area contributed by atoms with Crippen LogP contribution in [0.2, 0.25) is 0 Å². The molecule has 0 saturated carbocycles. The second kappa shape index (κ2) is 6.18. The van der Waals surface area contributed by atoms with Gasteiger partial charge in [-0.25, -0.2) is 0 Å². The van der Waals surface area contributed by atoms with E-state index in [1.165, 1.54) is 0 Å². The number of aliphatic carboxylic acids is 1. The topological polar surface area (TPSA) is 66.6 Å². The van der Waals surface area contributed by atoms with Gasteiger partial charge in [0.1, 0.15) is 0 Å². The van der Waals surface area contributed by atoms with Crippen molar-refractivity contribution in [3.63, 3.8) is 0 Å². The average molecular weight is 209 g/mol. The van der Waals surface area contributed by atoms with Crippen LogP contribution in [0.3, 0.4) is 0 Å². The van der Waals surface area contributed by atoms with E-state index in [1.807, 2.05) is 0 Å². The van der Waals surface area contributed by atoms with Gasteiger partial charge in [-0.05, 0) is 25.9 Å². The minimum absolute atomic E-state index is 0. The largest absolute Gasteiger partial charge is 0.481 e. The number of carbonyl (C=O) groups is 1. The lowest BCUT2D eigenvalue weighted by atomic mass is 10.1. The minimum Gasteiger partial charge on any atom is -0.481 e. The van der Waals surface area contributed by atoms with Gasteiger partial charge in [-0.3, -0.25) is 4.79 Å². The monoisotopic (exact) mass is 208 g/mol. The summed E-state index contributed by atoms with van der Waals surface area (Å²) in [5.74, 6) is -0.718. The predicted octanol–water partition coefficient (Wildman–Crippen LogP) is 0.306. The van der Waals surface area contributed by atoms with Gasteiger partial charge in [-0.15, -0.1) is 12.4 Å². The zero-order valence-corrected chi connectivity index (χ0v) is 8.42. The second-order valence-electron chi connectivity index (χ2n) is 3.32. The van der Waals surface area contributed by atoms with Gasteiger partial charge >= 0.3 is 5.97 Å². The summed E-state index contributed by atoms with van der Waals surface area (Å²) in [5.41, 5.74) is 5.71. The molecule has 1 aliphatic heterocycles. The highest BCUT2D eigenvalue weighted by atomic mass is 35.5. The summed E-state index contributed by atoms with van der Waals surface area (Å²) in [6.07, 6.45) is 2.24. The Kier molecular flexibility index (Phi) is 6.03. The van der Waals surface area contributed by atoms with Crippen molar-refractivity contribution in [2.75, 3.05) is 19.6 Å². The van der Waals surface area contributed by atoms with E-state index in [9.17, 15) is 4.79 Å². The van der Waals surface area contributed by atoms with Gasteiger partial charge in [-0.2, -0.15) is 0 Å². The van der Waals surface area contributed by atoms with Gasteiger partial charge in [0.05, 0.1) is 6.42 Å². The summed E-state index contributed by atoms with van der Waals surface area (Å²) in [6.45, 7) is 2.57. The third kappa shape index (κ3) is 5.08. The lowest BCUT2D eigenvalue weighted by molar-refractivity contribution is -0.137. The van der Waals surface area contributed by atoms with Gasteiger partial charge in [0.25, 0.3) is 0 Å². The average Bonchev–Trinajstić information content (AvgIpc) is 2.03. The van der Waals surface area contributed by atoms with Gasteiger partial charge in [-0.1, -0.05) is 0 Å². The van der Waals surface area contributed by atoms with Gasteiger partial charge in [0.15, 0.2) is 0 Å². The summed E-state index contributed by atoms with van der Waals surface area (Å²) >= 11 is 0. The number of halogens is 1. The molecule has 1 saturated heterocycles. The van der Waals surface area contributed by atoms with Crippen LogP contribution in [0, 0.1) is 0 Å². The van der Waals surface area contributed by atoms with Crippen LogP contribution in [0.5, 0.6) is 0 Å². The number of hydrogen-bond acceptors (Lipinski definition) is 3. The normalized spacial score (nSPS) is 19.5. The van der Waals surface area contributed by atoms with Crippen molar-refractivity contribution < 1.29 is 9.90 Å². The molecule has 3 N–H and O–H groups in total. The van der Waals surface area contributed by atoms with E-state index in [1.54, 1.807) is 0 Å². The Labute approximate surface area is 84.5 Å². The lowest BCUT2D eigenvalue weighted by Gasteiger charge is -2.29. The van der Waals surface area contributed by atoms with E-state index in [2.05, 4.69) is 4.90 Å².